The maximum atomic E-state index is 14.3. The van der Waals surface area contributed by atoms with Gasteiger partial charge in [-0.15, -0.1) is 10.2 Å². The molecule has 2 aliphatic rings. The molecular weight excluding hydrogens is 375 g/mol. The van der Waals surface area contributed by atoms with Crippen LogP contribution in [0.3, 0.4) is 0 Å². The number of likely N-dealkylation sites (tertiary alicyclic amines) is 1. The van der Waals surface area contributed by atoms with Crippen LogP contribution in [0.5, 0.6) is 0 Å². The van der Waals surface area contributed by atoms with E-state index < -0.39 is 0 Å². The summed E-state index contributed by atoms with van der Waals surface area (Å²) in [6.07, 6.45) is 5.37. The van der Waals surface area contributed by atoms with Gasteiger partial charge in [-0.25, -0.2) is 4.39 Å². The molecule has 0 bridgehead atoms. The van der Waals surface area contributed by atoms with Gasteiger partial charge < -0.3 is 4.90 Å². The van der Waals surface area contributed by atoms with Gasteiger partial charge >= 0.3 is 0 Å². The summed E-state index contributed by atoms with van der Waals surface area (Å²) in [5.41, 5.74) is 0.464. The number of carbonyl (C=O) groups is 1. The SMILES string of the molecule is C[C@@H]1CCC[C@H](C)N1C(=O)[C@@H](C)Sc1nnc(-c2ccccc2F)n1C1CC1. The molecule has 0 spiro atoms. The maximum Gasteiger partial charge on any atom is 0.236 e. The number of benzene rings is 1. The molecule has 0 N–H and O–H groups in total. The minimum atomic E-state index is -0.298. The first-order valence-electron chi connectivity index (χ1n) is 10.2. The van der Waals surface area contributed by atoms with Crippen molar-refractivity contribution in [3.05, 3.63) is 30.1 Å². The van der Waals surface area contributed by atoms with Crippen molar-refractivity contribution in [2.24, 2.45) is 0 Å². The van der Waals surface area contributed by atoms with E-state index in [-0.39, 0.29) is 29.1 Å². The van der Waals surface area contributed by atoms with E-state index in [1.54, 1.807) is 12.1 Å². The topological polar surface area (TPSA) is 51.0 Å². The number of hydrogen-bond donors (Lipinski definition) is 0. The predicted molar refractivity (Wildman–Crippen MR) is 109 cm³/mol. The summed E-state index contributed by atoms with van der Waals surface area (Å²) in [5, 5.41) is 9.09. The number of carbonyl (C=O) groups excluding carboxylic acids is 1. The van der Waals surface area contributed by atoms with Crippen LogP contribution in [0.1, 0.15) is 58.9 Å². The molecule has 7 heteroatoms. The molecule has 2 heterocycles. The predicted octanol–water partition coefficient (Wildman–Crippen LogP) is 4.69. The van der Waals surface area contributed by atoms with E-state index in [4.69, 9.17) is 0 Å². The minimum absolute atomic E-state index is 0.155. The zero-order valence-electron chi connectivity index (χ0n) is 16.6. The highest BCUT2D eigenvalue weighted by Gasteiger charge is 2.35. The molecular formula is C21H27FN4OS. The maximum absolute atomic E-state index is 14.3. The van der Waals surface area contributed by atoms with Crippen molar-refractivity contribution in [2.75, 3.05) is 0 Å². The normalized spacial score (nSPS) is 23.6. The van der Waals surface area contributed by atoms with Crippen molar-refractivity contribution in [3.63, 3.8) is 0 Å². The first kappa shape index (κ1) is 19.4. The fourth-order valence-corrected chi connectivity index (χ4v) is 5.10. The molecule has 1 aliphatic carbocycles. The van der Waals surface area contributed by atoms with Crippen molar-refractivity contribution in [2.45, 2.75) is 81.4 Å². The van der Waals surface area contributed by atoms with Gasteiger partial charge in [0.05, 0.1) is 10.8 Å². The lowest BCUT2D eigenvalue weighted by molar-refractivity contribution is -0.136. The molecule has 28 heavy (non-hydrogen) atoms. The zero-order chi connectivity index (χ0) is 19.8. The monoisotopic (exact) mass is 402 g/mol. The summed E-state index contributed by atoms with van der Waals surface area (Å²) in [6.45, 7) is 6.21. The summed E-state index contributed by atoms with van der Waals surface area (Å²) >= 11 is 1.44. The number of piperidine rings is 1. The molecule has 0 unspecified atom stereocenters. The summed E-state index contributed by atoms with van der Waals surface area (Å²) in [7, 11) is 0. The van der Waals surface area contributed by atoms with Gasteiger partial charge in [0, 0.05) is 18.1 Å². The average Bonchev–Trinajstić information content (AvgIpc) is 3.42. The van der Waals surface area contributed by atoms with Gasteiger partial charge in [0.1, 0.15) is 5.82 Å². The Kier molecular flexibility index (Phi) is 5.45. The zero-order valence-corrected chi connectivity index (χ0v) is 17.5. The first-order chi connectivity index (χ1) is 13.5. The van der Waals surface area contributed by atoms with Crippen LogP contribution < -0.4 is 0 Å². The molecule has 1 aromatic carbocycles. The second-order valence-electron chi connectivity index (χ2n) is 8.02. The van der Waals surface area contributed by atoms with E-state index in [1.807, 2.05) is 22.5 Å². The van der Waals surface area contributed by atoms with Crippen molar-refractivity contribution in [1.29, 1.82) is 0 Å². The van der Waals surface area contributed by atoms with E-state index in [1.165, 1.54) is 24.2 Å². The number of amides is 1. The van der Waals surface area contributed by atoms with Crippen LogP contribution >= 0.6 is 11.8 Å². The Labute approximate surface area is 169 Å². The van der Waals surface area contributed by atoms with E-state index >= 15 is 0 Å². The lowest BCUT2D eigenvalue weighted by Gasteiger charge is -2.40. The number of hydrogen-bond acceptors (Lipinski definition) is 4. The number of nitrogens with zero attached hydrogens (tertiary/aromatic N) is 4. The van der Waals surface area contributed by atoms with Crippen LogP contribution in [0.15, 0.2) is 29.4 Å². The Bertz CT molecular complexity index is 856. The minimum Gasteiger partial charge on any atom is -0.336 e. The Morgan fingerprint density at radius 2 is 1.82 bits per heavy atom. The molecule has 1 aromatic heterocycles. The molecule has 0 radical (unpaired) electrons. The van der Waals surface area contributed by atoms with Crippen molar-refractivity contribution in [3.8, 4) is 11.4 Å². The van der Waals surface area contributed by atoms with E-state index in [2.05, 4.69) is 24.0 Å². The molecule has 1 saturated heterocycles. The molecule has 2 fully saturated rings. The van der Waals surface area contributed by atoms with Crippen LogP contribution in [0.4, 0.5) is 4.39 Å². The Hall–Kier alpha value is -1.89. The Morgan fingerprint density at radius 3 is 2.46 bits per heavy atom. The number of halogens is 1. The van der Waals surface area contributed by atoms with Crippen LogP contribution in [-0.2, 0) is 4.79 Å². The molecule has 150 valence electrons. The molecule has 3 atom stereocenters. The highest BCUT2D eigenvalue weighted by molar-refractivity contribution is 8.00. The van der Waals surface area contributed by atoms with Crippen LogP contribution in [0.25, 0.3) is 11.4 Å². The van der Waals surface area contributed by atoms with Gasteiger partial charge in [-0.3, -0.25) is 9.36 Å². The summed E-state index contributed by atoms with van der Waals surface area (Å²) in [5.74, 6) is 0.415. The van der Waals surface area contributed by atoms with Gasteiger partial charge in [0.15, 0.2) is 11.0 Å². The third kappa shape index (κ3) is 3.69. The van der Waals surface area contributed by atoms with E-state index in [9.17, 15) is 9.18 Å². The van der Waals surface area contributed by atoms with Crippen LogP contribution in [-0.4, -0.2) is 42.9 Å². The van der Waals surface area contributed by atoms with Crippen molar-refractivity contribution >= 4 is 17.7 Å². The van der Waals surface area contributed by atoms with Crippen molar-refractivity contribution in [1.82, 2.24) is 19.7 Å². The van der Waals surface area contributed by atoms with Gasteiger partial charge in [0.25, 0.3) is 0 Å². The fraction of sp³-hybridized carbons (Fsp3) is 0.571. The highest BCUT2D eigenvalue weighted by atomic mass is 32.2. The Balaban J connectivity index is 1.58. The lowest BCUT2D eigenvalue weighted by atomic mass is 9.97. The smallest absolute Gasteiger partial charge is 0.236 e. The summed E-state index contributed by atoms with van der Waals surface area (Å²) in [4.78, 5) is 15.2. The standard InChI is InChI=1S/C21H27FN4OS/c1-13-7-6-8-14(2)25(13)20(27)15(3)28-21-24-23-19(26(21)16-11-12-16)17-9-4-5-10-18(17)22/h4-5,9-10,13-16H,6-8,11-12H2,1-3H3/t13-,14+,15-/m1/s1. The quantitative estimate of drug-likeness (QED) is 0.681. The third-order valence-electron chi connectivity index (χ3n) is 5.77. The number of aromatic nitrogens is 3. The van der Waals surface area contributed by atoms with Gasteiger partial charge in [0.2, 0.25) is 5.91 Å². The fourth-order valence-electron chi connectivity index (χ4n) is 4.12. The largest absolute Gasteiger partial charge is 0.336 e. The third-order valence-corrected chi connectivity index (χ3v) is 6.81. The lowest BCUT2D eigenvalue weighted by Crippen LogP contribution is -2.50. The summed E-state index contributed by atoms with van der Waals surface area (Å²) in [6, 6.07) is 7.50. The van der Waals surface area contributed by atoms with Crippen LogP contribution in [0, 0.1) is 5.82 Å². The molecule has 2 aromatic rings. The Morgan fingerprint density at radius 1 is 1.14 bits per heavy atom. The van der Waals surface area contributed by atoms with E-state index in [0.29, 0.717) is 22.6 Å². The molecule has 5 nitrogen and oxygen atoms in total. The van der Waals surface area contributed by atoms with Crippen molar-refractivity contribution < 1.29 is 9.18 Å². The number of thioether (sulfide) groups is 1. The molecule has 1 aliphatic heterocycles. The first-order valence-corrected chi connectivity index (χ1v) is 11.0. The van der Waals surface area contributed by atoms with Crippen LogP contribution in [0.2, 0.25) is 0 Å². The highest BCUT2D eigenvalue weighted by Crippen LogP contribution is 2.42. The number of rotatable bonds is 5. The molecule has 1 saturated carbocycles. The average molecular weight is 403 g/mol. The second kappa shape index (κ2) is 7.85. The van der Waals surface area contributed by atoms with E-state index in [0.717, 1.165) is 25.7 Å². The van der Waals surface area contributed by atoms with Gasteiger partial charge in [-0.05, 0) is 65.0 Å². The van der Waals surface area contributed by atoms with Gasteiger partial charge in [-0.2, -0.15) is 0 Å². The van der Waals surface area contributed by atoms with Gasteiger partial charge in [-0.1, -0.05) is 23.9 Å². The molecule has 1 amide bonds. The second-order valence-corrected chi connectivity index (χ2v) is 9.33. The summed E-state index contributed by atoms with van der Waals surface area (Å²) < 4.78 is 16.3. The molecule has 4 rings (SSSR count).